The molecule has 1 aliphatic carbocycles. The molecule has 0 unspecified atom stereocenters. The van der Waals surface area contributed by atoms with Gasteiger partial charge in [0, 0.05) is 13.1 Å². The summed E-state index contributed by atoms with van der Waals surface area (Å²) in [6.07, 6.45) is 8.98. The molecular weight excluding hydrogens is 380 g/mol. The van der Waals surface area contributed by atoms with Gasteiger partial charge in [0.15, 0.2) is 0 Å². The topological polar surface area (TPSA) is 90.5 Å². The Balaban J connectivity index is 1.97. The van der Waals surface area contributed by atoms with Crippen molar-refractivity contribution in [3.8, 4) is 0 Å². The smallest absolute Gasteiger partial charge is 0.246 e. The second-order valence-corrected chi connectivity index (χ2v) is 10.1. The summed E-state index contributed by atoms with van der Waals surface area (Å²) in [5.74, 6) is 0.289. The Kier molecular flexibility index (Phi) is 9.13. The van der Waals surface area contributed by atoms with Gasteiger partial charge in [-0.05, 0) is 44.6 Å². The molecule has 1 heterocycles. The van der Waals surface area contributed by atoms with Gasteiger partial charge in [-0.1, -0.05) is 52.9 Å². The minimum Gasteiger partial charge on any atom is -0.354 e. The molecule has 30 heavy (non-hydrogen) atoms. The lowest BCUT2D eigenvalue weighted by molar-refractivity contribution is -0.144. The maximum absolute atomic E-state index is 13.4. The lowest BCUT2D eigenvalue weighted by Crippen LogP contribution is -2.59. The van der Waals surface area contributed by atoms with E-state index in [4.69, 9.17) is 0 Å². The monoisotopic (exact) mass is 422 g/mol. The Morgan fingerprint density at radius 2 is 1.70 bits per heavy atom. The molecule has 2 rings (SSSR count). The first-order valence-electron chi connectivity index (χ1n) is 11.7. The first-order chi connectivity index (χ1) is 14.1. The minimum absolute atomic E-state index is 0.0563. The van der Waals surface area contributed by atoms with E-state index in [2.05, 4.69) is 16.0 Å². The molecule has 0 aromatic carbocycles. The lowest BCUT2D eigenvalue weighted by Gasteiger charge is -2.36. The molecular formula is C23H42N4O3. The lowest BCUT2D eigenvalue weighted by atomic mass is 9.85. The van der Waals surface area contributed by atoms with Crippen LogP contribution in [0.4, 0.5) is 0 Å². The summed E-state index contributed by atoms with van der Waals surface area (Å²) < 4.78 is 0. The number of carbonyl (C=O) groups excluding carboxylic acids is 3. The maximum Gasteiger partial charge on any atom is 0.246 e. The number of hydrogen-bond acceptors (Lipinski definition) is 4. The fraction of sp³-hybridized carbons (Fsp3) is 0.870. The van der Waals surface area contributed by atoms with E-state index in [9.17, 15) is 14.4 Å². The molecule has 172 valence electrons. The van der Waals surface area contributed by atoms with Crippen molar-refractivity contribution in [1.29, 1.82) is 0 Å². The number of carbonyl (C=O) groups is 3. The Bertz CT molecular complexity index is 596. The van der Waals surface area contributed by atoms with E-state index in [1.807, 2.05) is 20.8 Å². The highest BCUT2D eigenvalue weighted by Crippen LogP contribution is 2.27. The Morgan fingerprint density at radius 3 is 2.30 bits per heavy atom. The predicted octanol–water partition coefficient (Wildman–Crippen LogP) is 2.20. The highest BCUT2D eigenvalue weighted by Gasteiger charge is 2.42. The summed E-state index contributed by atoms with van der Waals surface area (Å²) in [5, 5.41) is 8.88. The molecule has 2 aliphatic rings. The van der Waals surface area contributed by atoms with Crippen molar-refractivity contribution in [2.24, 2.45) is 11.3 Å². The second-order valence-electron chi connectivity index (χ2n) is 10.1. The van der Waals surface area contributed by atoms with Crippen molar-refractivity contribution in [1.82, 2.24) is 20.9 Å². The second kappa shape index (κ2) is 11.1. The van der Waals surface area contributed by atoms with Crippen molar-refractivity contribution in [3.05, 3.63) is 0 Å². The number of likely N-dealkylation sites (N-methyl/N-ethyl adjacent to an activating group) is 1. The van der Waals surface area contributed by atoms with E-state index in [-0.39, 0.29) is 23.8 Å². The van der Waals surface area contributed by atoms with Crippen LogP contribution < -0.4 is 16.0 Å². The molecule has 1 aliphatic heterocycles. The maximum atomic E-state index is 13.4. The molecule has 3 atom stereocenters. The van der Waals surface area contributed by atoms with Gasteiger partial charge in [0.1, 0.15) is 12.1 Å². The molecule has 0 spiro atoms. The SMILES string of the molecule is CN[C@@H](C)C(=O)N[C@H](C(=O)N1CCC[C@H]1C(=O)NCCC1CCCCC1)C(C)(C)C. The van der Waals surface area contributed by atoms with Gasteiger partial charge in [-0.3, -0.25) is 14.4 Å². The third-order valence-electron chi connectivity index (χ3n) is 6.64. The summed E-state index contributed by atoms with van der Waals surface area (Å²) >= 11 is 0. The predicted molar refractivity (Wildman–Crippen MR) is 119 cm³/mol. The van der Waals surface area contributed by atoms with Gasteiger partial charge in [0.2, 0.25) is 17.7 Å². The molecule has 3 N–H and O–H groups in total. The highest BCUT2D eigenvalue weighted by atomic mass is 16.2. The Hall–Kier alpha value is -1.63. The van der Waals surface area contributed by atoms with Gasteiger partial charge in [-0.15, -0.1) is 0 Å². The fourth-order valence-electron chi connectivity index (χ4n) is 4.51. The van der Waals surface area contributed by atoms with Crippen molar-refractivity contribution in [2.45, 2.75) is 97.2 Å². The van der Waals surface area contributed by atoms with Gasteiger partial charge in [0.25, 0.3) is 0 Å². The van der Waals surface area contributed by atoms with E-state index >= 15 is 0 Å². The van der Waals surface area contributed by atoms with Crippen LogP contribution in [-0.4, -0.2) is 60.9 Å². The molecule has 0 radical (unpaired) electrons. The number of hydrogen-bond donors (Lipinski definition) is 3. The van der Waals surface area contributed by atoms with Crippen LogP contribution in [0.3, 0.4) is 0 Å². The van der Waals surface area contributed by atoms with Gasteiger partial charge >= 0.3 is 0 Å². The molecule has 0 aromatic heterocycles. The first kappa shape index (κ1) is 24.6. The van der Waals surface area contributed by atoms with E-state index in [0.29, 0.717) is 19.5 Å². The van der Waals surface area contributed by atoms with Crippen LogP contribution in [0, 0.1) is 11.3 Å². The molecule has 1 saturated heterocycles. The first-order valence-corrected chi connectivity index (χ1v) is 11.7. The number of amides is 3. The summed E-state index contributed by atoms with van der Waals surface area (Å²) in [6.45, 7) is 8.82. The average molecular weight is 423 g/mol. The van der Waals surface area contributed by atoms with Crippen molar-refractivity contribution in [2.75, 3.05) is 20.1 Å². The van der Waals surface area contributed by atoms with Crippen LogP contribution in [0.25, 0.3) is 0 Å². The number of nitrogens with one attached hydrogen (secondary N) is 3. The van der Waals surface area contributed by atoms with Gasteiger partial charge in [-0.25, -0.2) is 0 Å². The van der Waals surface area contributed by atoms with Crippen LogP contribution in [0.1, 0.15) is 79.1 Å². The van der Waals surface area contributed by atoms with Gasteiger partial charge in [0.05, 0.1) is 6.04 Å². The average Bonchev–Trinajstić information content (AvgIpc) is 3.20. The summed E-state index contributed by atoms with van der Waals surface area (Å²) in [7, 11) is 1.71. The zero-order valence-corrected chi connectivity index (χ0v) is 19.6. The molecule has 0 aromatic rings. The number of nitrogens with zero attached hydrogens (tertiary/aromatic N) is 1. The zero-order valence-electron chi connectivity index (χ0n) is 19.6. The molecule has 0 bridgehead atoms. The molecule has 3 amide bonds. The Morgan fingerprint density at radius 1 is 1.03 bits per heavy atom. The molecule has 2 fully saturated rings. The quantitative estimate of drug-likeness (QED) is 0.559. The van der Waals surface area contributed by atoms with Crippen molar-refractivity contribution < 1.29 is 14.4 Å². The highest BCUT2D eigenvalue weighted by molar-refractivity contribution is 5.93. The van der Waals surface area contributed by atoms with E-state index in [1.165, 1.54) is 32.1 Å². The van der Waals surface area contributed by atoms with E-state index in [1.54, 1.807) is 18.9 Å². The van der Waals surface area contributed by atoms with E-state index < -0.39 is 17.5 Å². The number of rotatable bonds is 8. The van der Waals surface area contributed by atoms with Crippen molar-refractivity contribution in [3.63, 3.8) is 0 Å². The third kappa shape index (κ3) is 6.69. The van der Waals surface area contributed by atoms with E-state index in [0.717, 1.165) is 18.8 Å². The third-order valence-corrected chi connectivity index (χ3v) is 6.64. The number of likely N-dealkylation sites (tertiary alicyclic amines) is 1. The van der Waals surface area contributed by atoms with Crippen LogP contribution >= 0.6 is 0 Å². The largest absolute Gasteiger partial charge is 0.354 e. The minimum atomic E-state index is -0.670. The fourth-order valence-corrected chi connectivity index (χ4v) is 4.51. The van der Waals surface area contributed by atoms with Crippen LogP contribution in [0.15, 0.2) is 0 Å². The summed E-state index contributed by atoms with van der Waals surface area (Å²) in [5.41, 5.74) is -0.454. The molecule has 1 saturated carbocycles. The zero-order chi connectivity index (χ0) is 22.3. The summed E-state index contributed by atoms with van der Waals surface area (Å²) in [6, 6.07) is -1.50. The molecule has 7 heteroatoms. The van der Waals surface area contributed by atoms with Crippen LogP contribution in [-0.2, 0) is 14.4 Å². The van der Waals surface area contributed by atoms with Crippen molar-refractivity contribution >= 4 is 17.7 Å². The van der Waals surface area contributed by atoms with Crippen LogP contribution in [0.2, 0.25) is 0 Å². The normalized spacial score (nSPS) is 22.4. The van der Waals surface area contributed by atoms with Gasteiger partial charge in [-0.2, -0.15) is 0 Å². The standard InChI is InChI=1S/C23H42N4O3/c1-16(24-5)20(28)26-19(23(2,3)4)22(30)27-15-9-12-18(27)21(29)25-14-13-17-10-7-6-8-11-17/h16-19,24H,6-15H2,1-5H3,(H,25,29)(H,26,28)/t16-,18-,19+/m0/s1. The Labute approximate surface area is 182 Å². The molecule has 7 nitrogen and oxygen atoms in total. The van der Waals surface area contributed by atoms with Crippen LogP contribution in [0.5, 0.6) is 0 Å². The van der Waals surface area contributed by atoms with Gasteiger partial charge < -0.3 is 20.9 Å². The summed E-state index contributed by atoms with van der Waals surface area (Å²) in [4.78, 5) is 40.3.